The van der Waals surface area contributed by atoms with Crippen molar-refractivity contribution in [2.24, 2.45) is 17.6 Å². The smallest absolute Gasteiger partial charge is 0.414 e. The molecule has 1 saturated carbocycles. The number of benzene rings is 1. The molecular weight excluding hydrogens is 584 g/mol. The molecule has 45 heavy (non-hydrogen) atoms. The standard InChI is InChI=1S/C31H42N6O8/c1-37(14-13-34-28(41)20(6-4-12-35-29(32)33)36-23(38)16-24(39)40)30(42)44-22-10-8-19-17-5-3-11-31(19)25-18(15-17)7-9-21(43-2)26(25)45-27(22)31/h7,9-10,17,19-20,27H,3-6,8,11-16H2,1-2H3,(H,34,41)(H,36,38)(H,39,40)(H4,32,33,35)/t17-,19?,20+,27?,31+/m1/s1. The monoisotopic (exact) mass is 626 g/mol. The van der Waals surface area contributed by atoms with E-state index in [0.717, 1.165) is 31.4 Å². The SMILES string of the molecule is COc1ccc2c3c1OC1C(OC(=O)N(C)CCNC(=O)[C@H](CCCNC(=N)N)NC(=O)CC(=O)O)=CCC4[C@H](CCC[C@]314)C2. The molecule has 1 fully saturated rings. The summed E-state index contributed by atoms with van der Waals surface area (Å²) in [7, 11) is 3.20. The average molecular weight is 627 g/mol. The molecule has 0 saturated heterocycles. The fourth-order valence-electron chi connectivity index (χ4n) is 7.62. The van der Waals surface area contributed by atoms with Crippen molar-refractivity contribution in [3.63, 3.8) is 0 Å². The summed E-state index contributed by atoms with van der Waals surface area (Å²) in [6.45, 7) is 0.490. The van der Waals surface area contributed by atoms with E-state index < -0.39 is 42.4 Å². The summed E-state index contributed by atoms with van der Waals surface area (Å²) in [4.78, 5) is 50.4. The third-order valence-electron chi connectivity index (χ3n) is 9.52. The summed E-state index contributed by atoms with van der Waals surface area (Å²) in [5, 5.41) is 23.9. The number of nitrogens with two attached hydrogens (primary N) is 1. The lowest BCUT2D eigenvalue weighted by Crippen LogP contribution is -2.55. The molecule has 14 nitrogen and oxygen atoms in total. The molecule has 3 amide bonds. The summed E-state index contributed by atoms with van der Waals surface area (Å²) in [6, 6.07) is 3.11. The van der Waals surface area contributed by atoms with E-state index in [4.69, 9.17) is 30.5 Å². The predicted molar refractivity (Wildman–Crippen MR) is 162 cm³/mol. The minimum Gasteiger partial charge on any atom is -0.493 e. The lowest BCUT2D eigenvalue weighted by molar-refractivity contribution is -0.141. The molecule has 7 N–H and O–H groups in total. The Morgan fingerprint density at radius 3 is 2.78 bits per heavy atom. The number of rotatable bonds is 13. The Morgan fingerprint density at radius 2 is 2.04 bits per heavy atom. The van der Waals surface area contributed by atoms with Gasteiger partial charge in [-0.3, -0.25) is 19.8 Å². The molecule has 4 aliphatic rings. The van der Waals surface area contributed by atoms with E-state index in [1.54, 1.807) is 14.2 Å². The molecule has 5 atom stereocenters. The zero-order chi connectivity index (χ0) is 32.3. The second-order valence-electron chi connectivity index (χ2n) is 12.2. The van der Waals surface area contributed by atoms with Crippen LogP contribution in [0.1, 0.15) is 56.1 Å². The Hall–Kier alpha value is -4.49. The highest BCUT2D eigenvalue weighted by Crippen LogP contribution is 2.65. The van der Waals surface area contributed by atoms with Crippen LogP contribution in [-0.2, 0) is 31.0 Å². The van der Waals surface area contributed by atoms with E-state index in [1.807, 2.05) is 12.1 Å². The molecule has 3 aliphatic carbocycles. The van der Waals surface area contributed by atoms with Crippen LogP contribution < -0.4 is 31.2 Å². The first-order chi connectivity index (χ1) is 21.5. The van der Waals surface area contributed by atoms with Gasteiger partial charge >= 0.3 is 12.1 Å². The number of nitrogens with zero attached hydrogens (tertiary/aromatic N) is 1. The van der Waals surface area contributed by atoms with Gasteiger partial charge in [0.1, 0.15) is 18.2 Å². The minimum absolute atomic E-state index is 0.0695. The van der Waals surface area contributed by atoms with Crippen LogP contribution in [0.5, 0.6) is 11.5 Å². The number of carbonyl (C=O) groups excluding carboxylic acids is 3. The molecule has 14 heteroatoms. The summed E-state index contributed by atoms with van der Waals surface area (Å²) in [5.74, 6) is 0.0522. The predicted octanol–water partition coefficient (Wildman–Crippen LogP) is 1.36. The number of amides is 3. The quantitative estimate of drug-likeness (QED) is 0.0802. The maximum absolute atomic E-state index is 13.2. The number of ether oxygens (including phenoxy) is 3. The van der Waals surface area contributed by atoms with Gasteiger partial charge < -0.3 is 45.9 Å². The Bertz CT molecular complexity index is 1400. The molecule has 1 heterocycles. The first-order valence-electron chi connectivity index (χ1n) is 15.4. The molecule has 0 aromatic heterocycles. The van der Waals surface area contributed by atoms with E-state index >= 15 is 0 Å². The van der Waals surface area contributed by atoms with Crippen LogP contribution in [-0.4, -0.2) is 85.8 Å². The third-order valence-corrected chi connectivity index (χ3v) is 9.52. The van der Waals surface area contributed by atoms with Crippen LogP contribution >= 0.6 is 0 Å². The van der Waals surface area contributed by atoms with Gasteiger partial charge in [0.15, 0.2) is 23.6 Å². The van der Waals surface area contributed by atoms with Crippen LogP contribution in [0.3, 0.4) is 0 Å². The third kappa shape index (κ3) is 6.36. The van der Waals surface area contributed by atoms with E-state index in [9.17, 15) is 19.2 Å². The Labute approximate surface area is 261 Å². The normalized spacial score (nSPS) is 24.1. The maximum Gasteiger partial charge on any atom is 0.414 e. The van der Waals surface area contributed by atoms with Crippen molar-refractivity contribution in [2.45, 2.75) is 68.9 Å². The molecule has 5 rings (SSSR count). The van der Waals surface area contributed by atoms with Crippen molar-refractivity contribution >= 4 is 29.8 Å². The van der Waals surface area contributed by atoms with Crippen molar-refractivity contribution in [1.29, 1.82) is 5.41 Å². The highest BCUT2D eigenvalue weighted by molar-refractivity contribution is 5.96. The lowest BCUT2D eigenvalue weighted by Gasteiger charge is -2.53. The molecule has 244 valence electrons. The van der Waals surface area contributed by atoms with Crippen molar-refractivity contribution in [2.75, 3.05) is 33.8 Å². The number of aliphatic carboxylic acids is 1. The molecule has 1 aromatic carbocycles. The van der Waals surface area contributed by atoms with Gasteiger partial charge in [-0.25, -0.2) is 4.79 Å². The number of carboxylic acid groups (broad SMARTS) is 1. The molecular formula is C31H42N6O8. The highest BCUT2D eigenvalue weighted by atomic mass is 16.6. The molecule has 2 unspecified atom stereocenters. The van der Waals surface area contributed by atoms with Crippen molar-refractivity contribution < 1.29 is 38.5 Å². The number of hydrogen-bond acceptors (Lipinski definition) is 8. The van der Waals surface area contributed by atoms with Crippen LogP contribution in [0.4, 0.5) is 4.79 Å². The second-order valence-corrected chi connectivity index (χ2v) is 12.2. The lowest BCUT2D eigenvalue weighted by atomic mass is 9.49. The molecule has 2 bridgehead atoms. The number of hydrogen-bond donors (Lipinski definition) is 6. The topological polar surface area (TPSA) is 205 Å². The Kier molecular flexibility index (Phi) is 9.40. The molecule has 1 aromatic rings. The number of carbonyl (C=O) groups is 4. The van der Waals surface area contributed by atoms with Gasteiger partial charge in [-0.15, -0.1) is 0 Å². The fraction of sp³-hybridized carbons (Fsp3) is 0.581. The Balaban J connectivity index is 1.19. The van der Waals surface area contributed by atoms with Gasteiger partial charge in [0.05, 0.1) is 7.11 Å². The number of carboxylic acids is 1. The zero-order valence-electron chi connectivity index (χ0n) is 25.6. The highest BCUT2D eigenvalue weighted by Gasteiger charge is 2.63. The van der Waals surface area contributed by atoms with Crippen LogP contribution in [0, 0.1) is 17.2 Å². The minimum atomic E-state index is -1.31. The first-order valence-corrected chi connectivity index (χ1v) is 15.4. The van der Waals surface area contributed by atoms with Gasteiger partial charge in [-0.2, -0.15) is 0 Å². The van der Waals surface area contributed by atoms with Gasteiger partial charge in [0, 0.05) is 37.7 Å². The van der Waals surface area contributed by atoms with Crippen LogP contribution in [0.15, 0.2) is 24.0 Å². The molecule has 1 spiro atoms. The fourth-order valence-corrected chi connectivity index (χ4v) is 7.62. The molecule has 1 aliphatic heterocycles. The number of methoxy groups -OCH3 is 1. The van der Waals surface area contributed by atoms with E-state index in [0.29, 0.717) is 36.3 Å². The van der Waals surface area contributed by atoms with Gasteiger partial charge in [-0.05, 0) is 68.1 Å². The van der Waals surface area contributed by atoms with E-state index in [1.165, 1.54) is 22.4 Å². The number of nitrogens with one attached hydrogen (secondary N) is 4. The van der Waals surface area contributed by atoms with Crippen molar-refractivity contribution in [1.82, 2.24) is 20.9 Å². The van der Waals surface area contributed by atoms with Gasteiger partial charge in [0.25, 0.3) is 0 Å². The summed E-state index contributed by atoms with van der Waals surface area (Å²) in [5.41, 5.74) is 7.53. The average Bonchev–Trinajstić information content (AvgIpc) is 3.33. The summed E-state index contributed by atoms with van der Waals surface area (Å²) in [6.07, 6.45) is 5.83. The molecule has 0 radical (unpaired) electrons. The second kappa shape index (κ2) is 13.2. The number of likely N-dealkylation sites (N-methyl/N-ethyl adjacent to an activating group) is 1. The van der Waals surface area contributed by atoms with Crippen LogP contribution in [0.2, 0.25) is 0 Å². The van der Waals surface area contributed by atoms with Gasteiger partial charge in [-0.1, -0.05) is 12.5 Å². The summed E-state index contributed by atoms with van der Waals surface area (Å²) >= 11 is 0. The number of allylic oxidation sites excluding steroid dienone is 1. The first kappa shape index (κ1) is 31.9. The van der Waals surface area contributed by atoms with Crippen molar-refractivity contribution in [3.05, 3.63) is 35.1 Å². The number of guanidine groups is 1. The Morgan fingerprint density at radius 1 is 1.24 bits per heavy atom. The van der Waals surface area contributed by atoms with Crippen LogP contribution in [0.25, 0.3) is 0 Å². The summed E-state index contributed by atoms with van der Waals surface area (Å²) < 4.78 is 18.2. The van der Waals surface area contributed by atoms with Crippen molar-refractivity contribution in [3.8, 4) is 11.5 Å². The maximum atomic E-state index is 13.2. The largest absolute Gasteiger partial charge is 0.493 e. The van der Waals surface area contributed by atoms with E-state index in [-0.39, 0.29) is 30.9 Å². The van der Waals surface area contributed by atoms with E-state index in [2.05, 4.69) is 22.0 Å². The zero-order valence-corrected chi connectivity index (χ0v) is 25.6. The van der Waals surface area contributed by atoms with Gasteiger partial charge in [0.2, 0.25) is 11.8 Å².